The second kappa shape index (κ2) is 9.06. The van der Waals surface area contributed by atoms with Gasteiger partial charge in [-0.05, 0) is 48.9 Å². The number of hydrogen-bond donors (Lipinski definition) is 2. The van der Waals surface area contributed by atoms with E-state index in [4.69, 9.17) is 4.52 Å². The number of anilines is 2. The van der Waals surface area contributed by atoms with E-state index < -0.39 is 12.1 Å². The molecule has 10 nitrogen and oxygen atoms in total. The van der Waals surface area contributed by atoms with Crippen molar-refractivity contribution in [2.24, 2.45) is 7.05 Å². The predicted octanol–water partition coefficient (Wildman–Crippen LogP) is 4.20. The molecule has 0 radical (unpaired) electrons. The maximum absolute atomic E-state index is 14.7. The summed E-state index contributed by atoms with van der Waals surface area (Å²) < 4.78 is 21.8. The Labute approximate surface area is 212 Å². The van der Waals surface area contributed by atoms with E-state index in [1.807, 2.05) is 44.4 Å². The standard InChI is InChI=1S/C26H27FN8O2/c1-26(8-9-26)24-33-22(34-37-24)23(36)31-21-6-4-17(27)12-16-11-15(3-5-19(16)21)20-7-10-28-25(32-20)30-18-13-29-35(2)14-18/h3,5,7,10-11,13-14,17,21H,4,6,8-9,12H2,1-2H3,(H,31,36)(H,28,30,32)/t17-,21+/m0/s1. The van der Waals surface area contributed by atoms with Gasteiger partial charge in [0.1, 0.15) is 6.17 Å². The SMILES string of the molecule is Cn1cc(Nc2nccc(-c3ccc4c(c3)C[C@@H](F)CC[C@H]4NC(=O)c3noc(C4(C)CC4)n3)n2)cn1. The number of benzene rings is 1. The van der Waals surface area contributed by atoms with Gasteiger partial charge >= 0.3 is 0 Å². The zero-order chi connectivity index (χ0) is 25.6. The maximum atomic E-state index is 14.7. The highest BCUT2D eigenvalue weighted by molar-refractivity contribution is 5.90. The van der Waals surface area contributed by atoms with Gasteiger partial charge < -0.3 is 15.2 Å². The Balaban J connectivity index is 1.24. The molecule has 0 aliphatic heterocycles. The molecule has 1 fully saturated rings. The third-order valence-electron chi connectivity index (χ3n) is 7.09. The van der Waals surface area contributed by atoms with Crippen LogP contribution in [0.3, 0.4) is 0 Å². The van der Waals surface area contributed by atoms with Crippen molar-refractivity contribution in [3.05, 3.63) is 65.7 Å². The molecule has 3 heterocycles. The van der Waals surface area contributed by atoms with Gasteiger partial charge in [-0.25, -0.2) is 14.4 Å². The van der Waals surface area contributed by atoms with Crippen molar-refractivity contribution >= 4 is 17.5 Å². The van der Waals surface area contributed by atoms with E-state index >= 15 is 0 Å². The van der Waals surface area contributed by atoms with Gasteiger partial charge in [0, 0.05) is 36.8 Å². The Morgan fingerprint density at radius 3 is 2.86 bits per heavy atom. The second-order valence-electron chi connectivity index (χ2n) is 10.1. The monoisotopic (exact) mass is 502 g/mol. The summed E-state index contributed by atoms with van der Waals surface area (Å²) in [7, 11) is 1.83. The Morgan fingerprint density at radius 2 is 2.08 bits per heavy atom. The average Bonchev–Trinajstić information content (AvgIpc) is 3.28. The molecule has 190 valence electrons. The number of nitrogens with zero attached hydrogens (tertiary/aromatic N) is 6. The van der Waals surface area contributed by atoms with Crippen LogP contribution in [0.1, 0.15) is 66.3 Å². The molecule has 11 heteroatoms. The van der Waals surface area contributed by atoms with Gasteiger partial charge in [-0.3, -0.25) is 9.48 Å². The Morgan fingerprint density at radius 1 is 1.22 bits per heavy atom. The van der Waals surface area contributed by atoms with Crippen LogP contribution in [-0.2, 0) is 18.9 Å². The fourth-order valence-corrected chi connectivity index (χ4v) is 4.66. The summed E-state index contributed by atoms with van der Waals surface area (Å²) in [5, 5.41) is 14.2. The highest BCUT2D eigenvalue weighted by atomic mass is 19.1. The third-order valence-corrected chi connectivity index (χ3v) is 7.09. The lowest BCUT2D eigenvalue weighted by Gasteiger charge is -2.19. The fraction of sp³-hybridized carbons (Fsp3) is 0.385. The molecule has 0 spiro atoms. The number of nitrogens with one attached hydrogen (secondary N) is 2. The Bertz CT molecular complexity index is 1460. The van der Waals surface area contributed by atoms with Crippen molar-refractivity contribution in [2.75, 3.05) is 5.32 Å². The van der Waals surface area contributed by atoms with Crippen molar-refractivity contribution in [1.29, 1.82) is 0 Å². The average molecular weight is 503 g/mol. The first kappa shape index (κ1) is 23.3. The van der Waals surface area contributed by atoms with Crippen LogP contribution in [0.4, 0.5) is 16.0 Å². The number of halogens is 1. The van der Waals surface area contributed by atoms with Crippen LogP contribution in [-0.4, -0.2) is 42.0 Å². The van der Waals surface area contributed by atoms with Crippen molar-refractivity contribution in [1.82, 2.24) is 35.2 Å². The molecule has 1 amide bonds. The topological polar surface area (TPSA) is 124 Å². The van der Waals surface area contributed by atoms with Crippen molar-refractivity contribution in [3.63, 3.8) is 0 Å². The molecule has 2 atom stereocenters. The normalized spacial score (nSPS) is 20.1. The lowest BCUT2D eigenvalue weighted by molar-refractivity contribution is 0.0919. The van der Waals surface area contributed by atoms with Gasteiger partial charge in [-0.2, -0.15) is 10.1 Å². The molecular formula is C26H27FN8O2. The molecule has 2 N–H and O–H groups in total. The molecule has 6 rings (SSSR count). The number of alkyl halides is 1. The quantitative estimate of drug-likeness (QED) is 0.376. The van der Waals surface area contributed by atoms with Crippen LogP contribution in [0, 0.1) is 0 Å². The molecule has 4 aromatic rings. The van der Waals surface area contributed by atoms with E-state index in [0.29, 0.717) is 30.4 Å². The molecule has 2 aliphatic carbocycles. The summed E-state index contributed by atoms with van der Waals surface area (Å²) >= 11 is 0. The number of aryl methyl sites for hydroxylation is 1. The molecule has 0 bridgehead atoms. The van der Waals surface area contributed by atoms with Gasteiger partial charge in [0.15, 0.2) is 0 Å². The van der Waals surface area contributed by atoms with Gasteiger partial charge in [-0.15, -0.1) is 0 Å². The second-order valence-corrected chi connectivity index (χ2v) is 10.1. The fourth-order valence-electron chi connectivity index (χ4n) is 4.66. The molecule has 0 unspecified atom stereocenters. The van der Waals surface area contributed by atoms with E-state index in [1.54, 1.807) is 17.1 Å². The smallest absolute Gasteiger partial charge is 0.293 e. The van der Waals surface area contributed by atoms with Crippen LogP contribution in [0.15, 0.2) is 47.4 Å². The summed E-state index contributed by atoms with van der Waals surface area (Å²) in [6.07, 6.45) is 7.23. The van der Waals surface area contributed by atoms with E-state index in [1.165, 1.54) is 0 Å². The molecule has 1 aromatic carbocycles. The minimum absolute atomic E-state index is 0.0111. The molecule has 3 aromatic heterocycles. The molecule has 1 saturated carbocycles. The third kappa shape index (κ3) is 4.81. The van der Waals surface area contributed by atoms with Crippen molar-refractivity contribution in [2.45, 2.75) is 56.7 Å². The molecular weight excluding hydrogens is 475 g/mol. The first-order valence-electron chi connectivity index (χ1n) is 12.4. The zero-order valence-corrected chi connectivity index (χ0v) is 20.6. The first-order valence-corrected chi connectivity index (χ1v) is 12.4. The maximum Gasteiger partial charge on any atom is 0.293 e. The summed E-state index contributed by atoms with van der Waals surface area (Å²) in [5.41, 5.74) is 3.94. The minimum Gasteiger partial charge on any atom is -0.342 e. The van der Waals surface area contributed by atoms with Crippen LogP contribution in [0.5, 0.6) is 0 Å². The van der Waals surface area contributed by atoms with E-state index in [0.717, 1.165) is 35.2 Å². The van der Waals surface area contributed by atoms with Gasteiger partial charge in [0.25, 0.3) is 11.7 Å². The summed E-state index contributed by atoms with van der Waals surface area (Å²) in [5.74, 6) is 0.526. The number of aromatic nitrogens is 6. The number of fused-ring (bicyclic) bond motifs is 1. The van der Waals surface area contributed by atoms with Gasteiger partial charge in [-0.1, -0.05) is 24.2 Å². The Hall–Kier alpha value is -4.15. The van der Waals surface area contributed by atoms with Crippen molar-refractivity contribution in [3.8, 4) is 11.3 Å². The van der Waals surface area contributed by atoms with E-state index in [9.17, 15) is 9.18 Å². The highest BCUT2D eigenvalue weighted by Gasteiger charge is 2.45. The van der Waals surface area contributed by atoms with Gasteiger partial charge in [0.2, 0.25) is 11.8 Å². The number of carbonyl (C=O) groups excluding carboxylic acids is 1. The lowest BCUT2D eigenvalue weighted by atomic mass is 9.95. The van der Waals surface area contributed by atoms with Crippen LogP contribution >= 0.6 is 0 Å². The largest absolute Gasteiger partial charge is 0.342 e. The Kier molecular flexibility index (Phi) is 5.69. The molecule has 2 aliphatic rings. The number of rotatable bonds is 6. The minimum atomic E-state index is -1.00. The molecule has 0 saturated heterocycles. The van der Waals surface area contributed by atoms with Crippen LogP contribution < -0.4 is 10.6 Å². The number of hydrogen-bond acceptors (Lipinski definition) is 8. The highest BCUT2D eigenvalue weighted by Crippen LogP contribution is 2.46. The zero-order valence-electron chi connectivity index (χ0n) is 20.6. The van der Waals surface area contributed by atoms with Crippen LogP contribution in [0.2, 0.25) is 0 Å². The van der Waals surface area contributed by atoms with E-state index in [-0.39, 0.29) is 23.7 Å². The predicted molar refractivity (Wildman–Crippen MR) is 133 cm³/mol. The van der Waals surface area contributed by atoms with Crippen molar-refractivity contribution < 1.29 is 13.7 Å². The van der Waals surface area contributed by atoms with E-state index in [2.05, 4.69) is 35.8 Å². The summed E-state index contributed by atoms with van der Waals surface area (Å²) in [6.45, 7) is 2.04. The van der Waals surface area contributed by atoms with Crippen LogP contribution in [0.25, 0.3) is 11.3 Å². The number of amides is 1. The summed E-state index contributed by atoms with van der Waals surface area (Å²) in [4.78, 5) is 26.2. The number of carbonyl (C=O) groups is 1. The first-order chi connectivity index (χ1) is 17.9. The lowest BCUT2D eigenvalue weighted by Crippen LogP contribution is -2.29. The summed E-state index contributed by atoms with van der Waals surface area (Å²) in [6, 6.07) is 7.28. The van der Waals surface area contributed by atoms with Gasteiger partial charge in [0.05, 0.1) is 23.6 Å². The molecule has 37 heavy (non-hydrogen) atoms.